The van der Waals surface area contributed by atoms with Gasteiger partial charge in [0.2, 0.25) is 5.91 Å². The number of carbonyl (C=O) groups is 1. The molecule has 0 aliphatic carbocycles. The molecule has 0 aliphatic rings. The summed E-state index contributed by atoms with van der Waals surface area (Å²) in [7, 11) is 0. The fourth-order valence-electron chi connectivity index (χ4n) is 0.480. The van der Waals surface area contributed by atoms with E-state index in [1.54, 1.807) is 0 Å². The second kappa shape index (κ2) is 4.28. The topological polar surface area (TPSA) is 55.1 Å². The smallest absolute Gasteiger partial charge is 0.233 e. The fraction of sp³-hybridized carbons (Fsp3) is 0.857. The van der Waals surface area contributed by atoms with Gasteiger partial charge in [0.15, 0.2) is 0 Å². The SMILES string of the molecule is CC(C)[C@H](C)NC(=O)CN. The molecule has 0 bridgehead atoms. The van der Waals surface area contributed by atoms with Gasteiger partial charge in [-0.15, -0.1) is 0 Å². The maximum absolute atomic E-state index is 10.7. The first-order valence-electron chi connectivity index (χ1n) is 3.57. The highest BCUT2D eigenvalue weighted by atomic mass is 16.1. The van der Waals surface area contributed by atoms with Crippen LogP contribution in [-0.4, -0.2) is 18.5 Å². The van der Waals surface area contributed by atoms with Gasteiger partial charge in [-0.3, -0.25) is 4.79 Å². The lowest BCUT2D eigenvalue weighted by Crippen LogP contribution is -2.39. The first-order valence-corrected chi connectivity index (χ1v) is 3.57. The maximum atomic E-state index is 10.7. The van der Waals surface area contributed by atoms with E-state index < -0.39 is 0 Å². The second-order valence-corrected chi connectivity index (χ2v) is 2.80. The molecule has 0 radical (unpaired) electrons. The van der Waals surface area contributed by atoms with Crippen molar-refractivity contribution in [1.82, 2.24) is 5.32 Å². The van der Waals surface area contributed by atoms with Gasteiger partial charge < -0.3 is 11.1 Å². The summed E-state index contributed by atoms with van der Waals surface area (Å²) >= 11 is 0. The molecule has 0 saturated heterocycles. The fourth-order valence-corrected chi connectivity index (χ4v) is 0.480. The zero-order valence-electron chi connectivity index (χ0n) is 6.85. The number of rotatable bonds is 3. The molecule has 0 saturated carbocycles. The van der Waals surface area contributed by atoms with Crippen LogP contribution in [0.1, 0.15) is 20.8 Å². The van der Waals surface area contributed by atoms with Crippen molar-refractivity contribution in [1.29, 1.82) is 0 Å². The summed E-state index contributed by atoms with van der Waals surface area (Å²) in [6, 6.07) is 0.219. The quantitative estimate of drug-likeness (QED) is 0.590. The molecule has 10 heavy (non-hydrogen) atoms. The molecule has 0 aromatic rings. The molecule has 3 heteroatoms. The second-order valence-electron chi connectivity index (χ2n) is 2.80. The minimum absolute atomic E-state index is 0.0804. The summed E-state index contributed by atoms with van der Waals surface area (Å²) in [5, 5.41) is 2.77. The summed E-state index contributed by atoms with van der Waals surface area (Å²) in [6.45, 7) is 6.16. The van der Waals surface area contributed by atoms with Gasteiger partial charge in [-0.2, -0.15) is 0 Å². The van der Waals surface area contributed by atoms with Gasteiger partial charge in [0, 0.05) is 6.04 Å². The Balaban J connectivity index is 3.57. The molecule has 0 spiro atoms. The molecule has 0 fully saturated rings. The average Bonchev–Trinajstić information content (AvgIpc) is 1.87. The Hall–Kier alpha value is -0.570. The van der Waals surface area contributed by atoms with Crippen molar-refractivity contribution in [3.05, 3.63) is 0 Å². The number of hydrogen-bond acceptors (Lipinski definition) is 2. The van der Waals surface area contributed by atoms with Crippen molar-refractivity contribution >= 4 is 5.91 Å². The van der Waals surface area contributed by atoms with E-state index in [0.717, 1.165) is 0 Å². The predicted molar refractivity (Wildman–Crippen MR) is 41.5 cm³/mol. The highest BCUT2D eigenvalue weighted by Gasteiger charge is 2.08. The van der Waals surface area contributed by atoms with Crippen LogP contribution in [0.15, 0.2) is 0 Å². The largest absolute Gasteiger partial charge is 0.352 e. The number of nitrogens with two attached hydrogens (primary N) is 1. The van der Waals surface area contributed by atoms with E-state index >= 15 is 0 Å². The molecule has 60 valence electrons. The molecular weight excluding hydrogens is 128 g/mol. The molecular formula is C7H16N2O. The summed E-state index contributed by atoms with van der Waals surface area (Å²) < 4.78 is 0. The Morgan fingerprint density at radius 3 is 2.30 bits per heavy atom. The lowest BCUT2D eigenvalue weighted by atomic mass is 10.1. The van der Waals surface area contributed by atoms with Crippen LogP contribution in [0, 0.1) is 5.92 Å². The summed E-state index contributed by atoms with van der Waals surface area (Å²) in [4.78, 5) is 10.7. The maximum Gasteiger partial charge on any atom is 0.233 e. The van der Waals surface area contributed by atoms with Crippen molar-refractivity contribution in [3.8, 4) is 0 Å². The van der Waals surface area contributed by atoms with Gasteiger partial charge in [0.25, 0.3) is 0 Å². The monoisotopic (exact) mass is 144 g/mol. The van der Waals surface area contributed by atoms with E-state index in [1.807, 2.05) is 6.92 Å². The van der Waals surface area contributed by atoms with Crippen LogP contribution >= 0.6 is 0 Å². The summed E-state index contributed by atoms with van der Waals surface area (Å²) in [5.41, 5.74) is 5.11. The molecule has 0 heterocycles. The van der Waals surface area contributed by atoms with Gasteiger partial charge >= 0.3 is 0 Å². The van der Waals surface area contributed by atoms with Crippen LogP contribution in [0.5, 0.6) is 0 Å². The number of nitrogens with one attached hydrogen (secondary N) is 1. The molecule has 1 atom stereocenters. The highest BCUT2D eigenvalue weighted by Crippen LogP contribution is 1.98. The first-order chi connectivity index (χ1) is 4.57. The minimum atomic E-state index is -0.0822. The van der Waals surface area contributed by atoms with E-state index in [1.165, 1.54) is 0 Å². The zero-order valence-corrected chi connectivity index (χ0v) is 6.85. The van der Waals surface area contributed by atoms with Crippen LogP contribution < -0.4 is 11.1 Å². The lowest BCUT2D eigenvalue weighted by molar-refractivity contribution is -0.120. The third-order valence-electron chi connectivity index (χ3n) is 1.57. The average molecular weight is 144 g/mol. The third kappa shape index (κ3) is 3.45. The van der Waals surface area contributed by atoms with E-state index in [2.05, 4.69) is 19.2 Å². The molecule has 0 unspecified atom stereocenters. The zero-order chi connectivity index (χ0) is 8.15. The number of hydrogen-bond donors (Lipinski definition) is 2. The van der Waals surface area contributed by atoms with Gasteiger partial charge in [-0.1, -0.05) is 13.8 Å². The van der Waals surface area contributed by atoms with Gasteiger partial charge in [0.05, 0.1) is 6.54 Å². The third-order valence-corrected chi connectivity index (χ3v) is 1.57. The Labute approximate surface area is 62.0 Å². The van der Waals surface area contributed by atoms with Crippen molar-refractivity contribution in [2.75, 3.05) is 6.54 Å². The Bertz CT molecular complexity index is 112. The van der Waals surface area contributed by atoms with Crippen molar-refractivity contribution in [3.63, 3.8) is 0 Å². The predicted octanol–water partition coefficient (Wildman–Crippen LogP) is 0.106. The van der Waals surface area contributed by atoms with Crippen LogP contribution in [0.2, 0.25) is 0 Å². The first kappa shape index (κ1) is 9.43. The van der Waals surface area contributed by atoms with Gasteiger partial charge in [-0.05, 0) is 12.8 Å². The standard InChI is InChI=1S/C7H16N2O/c1-5(2)6(3)9-7(10)4-8/h5-6H,4,8H2,1-3H3,(H,9,10)/t6-/m0/s1. The molecule has 0 rings (SSSR count). The minimum Gasteiger partial charge on any atom is -0.352 e. The van der Waals surface area contributed by atoms with Gasteiger partial charge in [0.1, 0.15) is 0 Å². The number of carbonyl (C=O) groups excluding carboxylic acids is 1. The van der Waals surface area contributed by atoms with Crippen molar-refractivity contribution < 1.29 is 4.79 Å². The Kier molecular flexibility index (Phi) is 4.03. The molecule has 0 aliphatic heterocycles. The van der Waals surface area contributed by atoms with E-state index in [-0.39, 0.29) is 18.5 Å². The highest BCUT2D eigenvalue weighted by molar-refractivity contribution is 5.77. The molecule has 0 aromatic heterocycles. The van der Waals surface area contributed by atoms with Crippen molar-refractivity contribution in [2.45, 2.75) is 26.8 Å². The Morgan fingerprint density at radius 2 is 2.00 bits per heavy atom. The summed E-state index contributed by atoms with van der Waals surface area (Å²) in [5.74, 6) is 0.386. The van der Waals surface area contributed by atoms with E-state index in [9.17, 15) is 4.79 Å². The van der Waals surface area contributed by atoms with Crippen LogP contribution in [0.25, 0.3) is 0 Å². The number of amides is 1. The molecule has 0 aromatic carbocycles. The van der Waals surface area contributed by atoms with Crippen molar-refractivity contribution in [2.24, 2.45) is 11.7 Å². The lowest BCUT2D eigenvalue weighted by Gasteiger charge is -2.16. The normalized spacial score (nSPS) is 13.3. The summed E-state index contributed by atoms with van der Waals surface area (Å²) in [6.07, 6.45) is 0. The molecule has 3 N–H and O–H groups in total. The van der Waals surface area contributed by atoms with Crippen LogP contribution in [0.4, 0.5) is 0 Å². The molecule has 3 nitrogen and oxygen atoms in total. The van der Waals surface area contributed by atoms with Crippen LogP contribution in [-0.2, 0) is 4.79 Å². The van der Waals surface area contributed by atoms with E-state index in [4.69, 9.17) is 5.73 Å². The van der Waals surface area contributed by atoms with Gasteiger partial charge in [-0.25, -0.2) is 0 Å². The Morgan fingerprint density at radius 1 is 1.50 bits per heavy atom. The van der Waals surface area contributed by atoms with Crippen LogP contribution in [0.3, 0.4) is 0 Å². The molecule has 1 amide bonds. The van der Waals surface area contributed by atoms with E-state index in [0.29, 0.717) is 5.92 Å².